The standard InChI is InChI=1S/C21H21ClN2O2/c1-13-14(2)24(11-15-3-5-16(12-25)6-4-15)21(23)19(13)20(26)17-7-9-18(22)10-8-17/h3-10,25H,11-12,23H2,1-2H3. The van der Waals surface area contributed by atoms with Gasteiger partial charge in [0.1, 0.15) is 5.82 Å². The molecule has 0 aliphatic carbocycles. The van der Waals surface area contributed by atoms with E-state index in [4.69, 9.17) is 22.4 Å². The van der Waals surface area contributed by atoms with Gasteiger partial charge >= 0.3 is 0 Å². The topological polar surface area (TPSA) is 68.2 Å². The van der Waals surface area contributed by atoms with E-state index in [0.29, 0.717) is 28.5 Å². The summed E-state index contributed by atoms with van der Waals surface area (Å²) in [5.74, 6) is 0.361. The smallest absolute Gasteiger partial charge is 0.196 e. The van der Waals surface area contributed by atoms with Crippen LogP contribution in [0.1, 0.15) is 38.3 Å². The molecule has 0 aliphatic heterocycles. The van der Waals surface area contributed by atoms with Crippen molar-refractivity contribution in [3.05, 3.63) is 87.1 Å². The van der Waals surface area contributed by atoms with Gasteiger partial charge in [-0.3, -0.25) is 4.79 Å². The number of aromatic nitrogens is 1. The van der Waals surface area contributed by atoms with Gasteiger partial charge in [0.05, 0.1) is 12.2 Å². The number of rotatable bonds is 5. The number of nitrogens with zero attached hydrogens (tertiary/aromatic N) is 1. The first kappa shape index (κ1) is 18.2. The number of anilines is 1. The van der Waals surface area contributed by atoms with Crippen LogP contribution in [0.4, 0.5) is 5.82 Å². The van der Waals surface area contributed by atoms with E-state index in [-0.39, 0.29) is 12.4 Å². The number of aliphatic hydroxyl groups excluding tert-OH is 1. The zero-order valence-corrected chi connectivity index (χ0v) is 15.5. The molecule has 26 heavy (non-hydrogen) atoms. The summed E-state index contributed by atoms with van der Waals surface area (Å²) in [5.41, 5.74) is 11.2. The van der Waals surface area contributed by atoms with E-state index >= 15 is 0 Å². The number of nitrogen functional groups attached to an aromatic ring is 1. The Balaban J connectivity index is 1.97. The molecule has 0 saturated heterocycles. The van der Waals surface area contributed by atoms with Gasteiger partial charge in [0.2, 0.25) is 0 Å². The van der Waals surface area contributed by atoms with Gasteiger partial charge in [-0.05, 0) is 54.8 Å². The zero-order valence-electron chi connectivity index (χ0n) is 14.8. The molecule has 0 bridgehead atoms. The number of benzene rings is 2. The Kier molecular flexibility index (Phi) is 5.16. The van der Waals surface area contributed by atoms with Crippen molar-refractivity contribution in [2.75, 3.05) is 5.73 Å². The van der Waals surface area contributed by atoms with Gasteiger partial charge in [-0.25, -0.2) is 0 Å². The highest BCUT2D eigenvalue weighted by atomic mass is 35.5. The van der Waals surface area contributed by atoms with Gasteiger partial charge in [0.25, 0.3) is 0 Å². The van der Waals surface area contributed by atoms with Gasteiger partial charge in [-0.1, -0.05) is 35.9 Å². The highest BCUT2D eigenvalue weighted by Gasteiger charge is 2.22. The minimum atomic E-state index is -0.103. The first-order valence-electron chi connectivity index (χ1n) is 8.36. The minimum absolute atomic E-state index is 0.0177. The molecule has 2 aromatic carbocycles. The van der Waals surface area contributed by atoms with Crippen LogP contribution in [-0.4, -0.2) is 15.5 Å². The van der Waals surface area contributed by atoms with Crippen molar-refractivity contribution in [1.82, 2.24) is 4.57 Å². The van der Waals surface area contributed by atoms with Crippen molar-refractivity contribution in [2.45, 2.75) is 27.0 Å². The molecule has 0 atom stereocenters. The lowest BCUT2D eigenvalue weighted by Gasteiger charge is -2.10. The van der Waals surface area contributed by atoms with Crippen molar-refractivity contribution in [3.8, 4) is 0 Å². The molecule has 5 heteroatoms. The van der Waals surface area contributed by atoms with Crippen LogP contribution in [0.2, 0.25) is 5.02 Å². The Morgan fingerprint density at radius 3 is 2.19 bits per heavy atom. The average molecular weight is 369 g/mol. The maximum absolute atomic E-state index is 12.9. The number of hydrogen-bond donors (Lipinski definition) is 2. The molecule has 0 fully saturated rings. The summed E-state index contributed by atoms with van der Waals surface area (Å²) in [6.45, 7) is 4.47. The molecule has 0 radical (unpaired) electrons. The highest BCUT2D eigenvalue weighted by molar-refractivity contribution is 6.30. The predicted molar refractivity (Wildman–Crippen MR) is 105 cm³/mol. The second kappa shape index (κ2) is 7.36. The SMILES string of the molecule is Cc1c(C(=O)c2ccc(Cl)cc2)c(N)n(Cc2ccc(CO)cc2)c1C. The second-order valence-electron chi connectivity index (χ2n) is 6.37. The van der Waals surface area contributed by atoms with Crippen molar-refractivity contribution < 1.29 is 9.90 Å². The molecule has 3 rings (SSSR count). The van der Waals surface area contributed by atoms with Crippen LogP contribution in [0, 0.1) is 13.8 Å². The number of halogens is 1. The Labute approximate surface area is 157 Å². The monoisotopic (exact) mass is 368 g/mol. The average Bonchev–Trinajstić information content (AvgIpc) is 2.86. The fourth-order valence-electron chi connectivity index (χ4n) is 3.06. The van der Waals surface area contributed by atoms with Crippen LogP contribution >= 0.6 is 11.6 Å². The number of hydrogen-bond acceptors (Lipinski definition) is 3. The Bertz CT molecular complexity index is 942. The van der Waals surface area contributed by atoms with E-state index in [2.05, 4.69) is 0 Å². The molecule has 3 aromatic rings. The van der Waals surface area contributed by atoms with Crippen LogP contribution in [0.15, 0.2) is 48.5 Å². The summed E-state index contributed by atoms with van der Waals surface area (Å²) in [7, 11) is 0. The molecular weight excluding hydrogens is 348 g/mol. The van der Waals surface area contributed by atoms with Gasteiger partial charge in [-0.15, -0.1) is 0 Å². The molecule has 3 N–H and O–H groups in total. The fraction of sp³-hybridized carbons (Fsp3) is 0.190. The maximum Gasteiger partial charge on any atom is 0.196 e. The van der Waals surface area contributed by atoms with E-state index in [0.717, 1.165) is 22.4 Å². The van der Waals surface area contributed by atoms with Crippen molar-refractivity contribution in [3.63, 3.8) is 0 Å². The third kappa shape index (κ3) is 3.39. The summed E-state index contributed by atoms with van der Waals surface area (Å²) >= 11 is 5.91. The largest absolute Gasteiger partial charge is 0.392 e. The molecule has 4 nitrogen and oxygen atoms in total. The lowest BCUT2D eigenvalue weighted by Crippen LogP contribution is -2.09. The van der Waals surface area contributed by atoms with Crippen LogP contribution in [0.3, 0.4) is 0 Å². The molecule has 1 heterocycles. The summed E-state index contributed by atoms with van der Waals surface area (Å²) in [5, 5.41) is 9.75. The van der Waals surface area contributed by atoms with Crippen LogP contribution in [-0.2, 0) is 13.2 Å². The van der Waals surface area contributed by atoms with Crippen molar-refractivity contribution in [1.29, 1.82) is 0 Å². The molecule has 0 spiro atoms. The number of carbonyl (C=O) groups excluding carboxylic acids is 1. The van der Waals surface area contributed by atoms with Gasteiger partial charge < -0.3 is 15.4 Å². The summed E-state index contributed by atoms with van der Waals surface area (Å²) in [6, 6.07) is 14.5. The zero-order chi connectivity index (χ0) is 18.8. The predicted octanol–water partition coefficient (Wildman–Crippen LogP) is 4.11. The maximum atomic E-state index is 12.9. The van der Waals surface area contributed by atoms with Crippen molar-refractivity contribution >= 4 is 23.2 Å². The third-order valence-electron chi connectivity index (χ3n) is 4.75. The van der Waals surface area contributed by atoms with Crippen LogP contribution < -0.4 is 5.73 Å². The second-order valence-corrected chi connectivity index (χ2v) is 6.80. The molecule has 0 amide bonds. The lowest BCUT2D eigenvalue weighted by atomic mass is 10.0. The summed E-state index contributed by atoms with van der Waals surface area (Å²) < 4.78 is 1.95. The van der Waals surface area contributed by atoms with E-state index in [1.54, 1.807) is 24.3 Å². The first-order chi connectivity index (χ1) is 12.4. The van der Waals surface area contributed by atoms with Crippen molar-refractivity contribution in [2.24, 2.45) is 0 Å². The quantitative estimate of drug-likeness (QED) is 0.666. The number of ketones is 1. The van der Waals surface area contributed by atoms with E-state index in [9.17, 15) is 4.79 Å². The summed E-state index contributed by atoms with van der Waals surface area (Å²) in [6.07, 6.45) is 0. The van der Waals surface area contributed by atoms with Crippen LogP contribution in [0.5, 0.6) is 0 Å². The Morgan fingerprint density at radius 2 is 1.62 bits per heavy atom. The number of nitrogens with two attached hydrogens (primary N) is 1. The van der Waals surface area contributed by atoms with Gasteiger partial charge in [0.15, 0.2) is 5.78 Å². The summed E-state index contributed by atoms with van der Waals surface area (Å²) in [4.78, 5) is 12.9. The van der Waals surface area contributed by atoms with E-state index < -0.39 is 0 Å². The van der Waals surface area contributed by atoms with E-state index in [1.165, 1.54) is 0 Å². The van der Waals surface area contributed by atoms with Gasteiger partial charge in [-0.2, -0.15) is 0 Å². The Hall–Kier alpha value is -2.56. The number of aliphatic hydroxyl groups is 1. The molecule has 1 aromatic heterocycles. The normalized spacial score (nSPS) is 10.9. The van der Waals surface area contributed by atoms with Crippen LogP contribution in [0.25, 0.3) is 0 Å². The molecule has 0 aliphatic rings. The first-order valence-corrected chi connectivity index (χ1v) is 8.74. The van der Waals surface area contributed by atoms with E-state index in [1.807, 2.05) is 42.7 Å². The lowest BCUT2D eigenvalue weighted by molar-refractivity contribution is 0.103. The molecule has 134 valence electrons. The molecular formula is C21H21ClN2O2. The minimum Gasteiger partial charge on any atom is -0.392 e. The molecule has 0 unspecified atom stereocenters. The third-order valence-corrected chi connectivity index (χ3v) is 5.00. The number of carbonyl (C=O) groups is 1. The van der Waals surface area contributed by atoms with Gasteiger partial charge in [0, 0.05) is 22.8 Å². The fourth-order valence-corrected chi connectivity index (χ4v) is 3.19. The highest BCUT2D eigenvalue weighted by Crippen LogP contribution is 2.28. The molecule has 0 saturated carbocycles. The Morgan fingerprint density at radius 1 is 1.04 bits per heavy atom.